The maximum absolute atomic E-state index is 12.9. The van der Waals surface area contributed by atoms with Crippen LogP contribution in [0.25, 0.3) is 0 Å². The standard InChI is InChI=1S/C21H31N3O3.ClH/c1-22-18-9-13-23(14-10-18)21(26)17-6-5-12-24(16-17)20(25)11-15-27-19-7-3-2-4-8-19;/h2-4,7-8,17-18,22H,5-6,9-16H2,1H3;1H. The van der Waals surface area contributed by atoms with Crippen LogP contribution in [0, 0.1) is 5.92 Å². The van der Waals surface area contributed by atoms with Crippen LogP contribution in [0.4, 0.5) is 0 Å². The molecule has 0 spiro atoms. The Labute approximate surface area is 174 Å². The average Bonchev–Trinajstić information content (AvgIpc) is 2.74. The highest BCUT2D eigenvalue weighted by atomic mass is 35.5. The first-order valence-corrected chi connectivity index (χ1v) is 10.1. The van der Waals surface area contributed by atoms with Crippen LogP contribution in [0.5, 0.6) is 5.75 Å². The van der Waals surface area contributed by atoms with Gasteiger partial charge in [0.25, 0.3) is 0 Å². The van der Waals surface area contributed by atoms with Crippen LogP contribution in [0.15, 0.2) is 30.3 Å². The van der Waals surface area contributed by atoms with Gasteiger partial charge in [0.2, 0.25) is 11.8 Å². The van der Waals surface area contributed by atoms with Crippen LogP contribution in [0.1, 0.15) is 32.1 Å². The lowest BCUT2D eigenvalue weighted by molar-refractivity contribution is -0.141. The van der Waals surface area contributed by atoms with E-state index < -0.39 is 0 Å². The zero-order valence-electron chi connectivity index (χ0n) is 16.6. The van der Waals surface area contributed by atoms with E-state index in [1.165, 1.54) is 0 Å². The van der Waals surface area contributed by atoms with E-state index in [1.807, 2.05) is 47.2 Å². The first-order chi connectivity index (χ1) is 13.2. The molecular weight excluding hydrogens is 378 g/mol. The number of para-hydroxylation sites is 1. The molecular formula is C21H32ClN3O3. The van der Waals surface area contributed by atoms with Crippen molar-refractivity contribution in [1.82, 2.24) is 15.1 Å². The van der Waals surface area contributed by atoms with Crippen LogP contribution in [0.3, 0.4) is 0 Å². The summed E-state index contributed by atoms with van der Waals surface area (Å²) in [4.78, 5) is 29.2. The molecule has 2 aliphatic rings. The Balaban J connectivity index is 0.00000280. The van der Waals surface area contributed by atoms with Gasteiger partial charge >= 0.3 is 0 Å². The van der Waals surface area contributed by atoms with Gasteiger partial charge in [-0.1, -0.05) is 18.2 Å². The molecule has 6 nitrogen and oxygen atoms in total. The number of hydrogen-bond donors (Lipinski definition) is 1. The quantitative estimate of drug-likeness (QED) is 0.783. The molecule has 28 heavy (non-hydrogen) atoms. The summed E-state index contributed by atoms with van der Waals surface area (Å²) in [6.07, 6.45) is 4.15. The number of nitrogens with one attached hydrogen (secondary N) is 1. The Kier molecular flexibility index (Phi) is 9.06. The smallest absolute Gasteiger partial charge is 0.227 e. The highest BCUT2D eigenvalue weighted by Crippen LogP contribution is 2.22. The zero-order chi connectivity index (χ0) is 19.1. The largest absolute Gasteiger partial charge is 0.493 e. The topological polar surface area (TPSA) is 61.9 Å². The number of benzene rings is 1. The first kappa shape index (κ1) is 22.5. The van der Waals surface area contributed by atoms with Gasteiger partial charge in [0, 0.05) is 32.2 Å². The zero-order valence-corrected chi connectivity index (χ0v) is 17.5. The van der Waals surface area contributed by atoms with Crippen LogP contribution in [0.2, 0.25) is 0 Å². The van der Waals surface area contributed by atoms with Crippen LogP contribution in [-0.2, 0) is 9.59 Å². The number of rotatable bonds is 6. The number of ether oxygens (including phenoxy) is 1. The van der Waals surface area contributed by atoms with Crippen molar-refractivity contribution in [1.29, 1.82) is 0 Å². The van der Waals surface area contributed by atoms with E-state index in [1.54, 1.807) is 0 Å². The lowest BCUT2D eigenvalue weighted by Gasteiger charge is -2.37. The molecule has 156 valence electrons. The molecule has 0 aliphatic carbocycles. The van der Waals surface area contributed by atoms with Gasteiger partial charge in [-0.15, -0.1) is 12.4 Å². The molecule has 3 rings (SSSR count). The molecule has 1 unspecified atom stereocenters. The van der Waals surface area contributed by atoms with Crippen LogP contribution in [-0.4, -0.2) is 67.5 Å². The van der Waals surface area contributed by atoms with Crippen molar-refractivity contribution >= 4 is 24.2 Å². The second-order valence-electron chi connectivity index (χ2n) is 7.48. The Hall–Kier alpha value is -1.79. The van der Waals surface area contributed by atoms with Crippen molar-refractivity contribution in [2.24, 2.45) is 5.92 Å². The number of nitrogens with zero attached hydrogens (tertiary/aromatic N) is 2. The number of amides is 2. The van der Waals surface area contributed by atoms with Gasteiger partial charge in [0.15, 0.2) is 0 Å². The first-order valence-electron chi connectivity index (χ1n) is 10.1. The van der Waals surface area contributed by atoms with Crippen molar-refractivity contribution in [2.75, 3.05) is 39.8 Å². The number of piperidine rings is 2. The third-order valence-electron chi connectivity index (χ3n) is 5.67. The molecule has 0 saturated carbocycles. The number of likely N-dealkylation sites (tertiary alicyclic amines) is 2. The Morgan fingerprint density at radius 3 is 2.46 bits per heavy atom. The molecule has 2 amide bonds. The fourth-order valence-corrected chi connectivity index (χ4v) is 3.98. The minimum atomic E-state index is -0.0520. The van der Waals surface area contributed by atoms with E-state index >= 15 is 0 Å². The summed E-state index contributed by atoms with van der Waals surface area (Å²) in [5.41, 5.74) is 0. The summed E-state index contributed by atoms with van der Waals surface area (Å²) in [6.45, 7) is 3.31. The predicted octanol–water partition coefficient (Wildman–Crippen LogP) is 2.33. The number of carbonyl (C=O) groups is 2. The number of hydrogen-bond acceptors (Lipinski definition) is 4. The highest BCUT2D eigenvalue weighted by molar-refractivity contribution is 5.85. The lowest BCUT2D eigenvalue weighted by Crippen LogP contribution is -2.50. The van der Waals surface area contributed by atoms with Crippen molar-refractivity contribution in [3.05, 3.63) is 30.3 Å². The van der Waals surface area contributed by atoms with Crippen LogP contribution >= 0.6 is 12.4 Å². The second kappa shape index (κ2) is 11.3. The molecule has 1 aromatic carbocycles. The average molecular weight is 410 g/mol. The summed E-state index contributed by atoms with van der Waals surface area (Å²) < 4.78 is 5.63. The number of halogens is 1. The fourth-order valence-electron chi connectivity index (χ4n) is 3.98. The Morgan fingerprint density at radius 2 is 1.79 bits per heavy atom. The van der Waals surface area contributed by atoms with Gasteiger partial charge in [0.1, 0.15) is 5.75 Å². The van der Waals surface area contributed by atoms with Gasteiger partial charge < -0.3 is 19.9 Å². The molecule has 0 bridgehead atoms. The van der Waals surface area contributed by atoms with E-state index in [2.05, 4.69) is 5.32 Å². The van der Waals surface area contributed by atoms with Gasteiger partial charge in [-0.3, -0.25) is 9.59 Å². The van der Waals surface area contributed by atoms with Crippen molar-refractivity contribution in [3.8, 4) is 5.75 Å². The molecule has 7 heteroatoms. The summed E-state index contributed by atoms with van der Waals surface area (Å²) in [5.74, 6) is 1.03. The van der Waals surface area contributed by atoms with Gasteiger partial charge in [-0.25, -0.2) is 0 Å². The molecule has 0 radical (unpaired) electrons. The molecule has 1 N–H and O–H groups in total. The Morgan fingerprint density at radius 1 is 1.07 bits per heavy atom. The molecule has 2 saturated heterocycles. The van der Waals surface area contributed by atoms with Crippen molar-refractivity contribution < 1.29 is 14.3 Å². The SMILES string of the molecule is CNC1CCN(C(=O)C2CCCN(C(=O)CCOc3ccccc3)C2)CC1.Cl. The predicted molar refractivity (Wildman–Crippen MR) is 112 cm³/mol. The minimum Gasteiger partial charge on any atom is -0.493 e. The van der Waals surface area contributed by atoms with Gasteiger partial charge in [-0.2, -0.15) is 0 Å². The van der Waals surface area contributed by atoms with E-state index in [9.17, 15) is 9.59 Å². The molecule has 1 aromatic rings. The van der Waals surface area contributed by atoms with Gasteiger partial charge in [-0.05, 0) is 44.9 Å². The highest BCUT2D eigenvalue weighted by Gasteiger charge is 2.32. The maximum Gasteiger partial charge on any atom is 0.227 e. The monoisotopic (exact) mass is 409 g/mol. The van der Waals surface area contributed by atoms with E-state index in [4.69, 9.17) is 4.74 Å². The molecule has 2 aliphatic heterocycles. The van der Waals surface area contributed by atoms with E-state index in [0.29, 0.717) is 25.6 Å². The lowest BCUT2D eigenvalue weighted by atomic mass is 9.94. The van der Waals surface area contributed by atoms with Crippen LogP contribution < -0.4 is 10.1 Å². The maximum atomic E-state index is 12.9. The fraction of sp³-hybridized carbons (Fsp3) is 0.619. The third-order valence-corrected chi connectivity index (χ3v) is 5.67. The van der Waals surface area contributed by atoms with Crippen molar-refractivity contribution in [3.63, 3.8) is 0 Å². The summed E-state index contributed by atoms with van der Waals surface area (Å²) in [7, 11) is 1.98. The molecule has 1 atom stereocenters. The molecule has 2 heterocycles. The molecule has 0 aromatic heterocycles. The minimum absolute atomic E-state index is 0. The van der Waals surface area contributed by atoms with Gasteiger partial charge in [0.05, 0.1) is 18.9 Å². The third kappa shape index (κ3) is 6.11. The summed E-state index contributed by atoms with van der Waals surface area (Å²) in [5, 5.41) is 3.29. The number of carbonyl (C=O) groups excluding carboxylic acids is 2. The second-order valence-corrected chi connectivity index (χ2v) is 7.48. The molecule has 2 fully saturated rings. The van der Waals surface area contributed by atoms with E-state index in [0.717, 1.165) is 51.1 Å². The van der Waals surface area contributed by atoms with Crippen molar-refractivity contribution in [2.45, 2.75) is 38.1 Å². The Bertz CT molecular complexity index is 621. The normalized spacial score (nSPS) is 20.4. The summed E-state index contributed by atoms with van der Waals surface area (Å²) in [6, 6.07) is 10.1. The van der Waals surface area contributed by atoms with E-state index in [-0.39, 0.29) is 30.1 Å². The summed E-state index contributed by atoms with van der Waals surface area (Å²) >= 11 is 0.